The topological polar surface area (TPSA) is 50.6 Å². The number of carbonyl (C=O) groups excluding carboxylic acids is 1. The van der Waals surface area contributed by atoms with Gasteiger partial charge in [-0.15, -0.1) is 12.4 Å². The highest BCUT2D eigenvalue weighted by atomic mass is 35.5. The zero-order valence-corrected chi connectivity index (χ0v) is 15.5. The van der Waals surface area contributed by atoms with E-state index in [1.807, 2.05) is 54.5 Å². The van der Waals surface area contributed by atoms with Gasteiger partial charge in [-0.1, -0.05) is 18.2 Å². The number of carbonyl (C=O) groups is 1. The maximum absolute atomic E-state index is 12.6. The fraction of sp³-hybridized carbons (Fsp3) is 0.444. The van der Waals surface area contributed by atoms with Gasteiger partial charge in [0.2, 0.25) is 5.95 Å². The summed E-state index contributed by atoms with van der Waals surface area (Å²) in [5, 5.41) is 0. The van der Waals surface area contributed by atoms with Crippen molar-refractivity contribution >= 4 is 24.3 Å². The molecule has 1 aliphatic heterocycles. The minimum Gasteiger partial charge on any atom is -0.481 e. The van der Waals surface area contributed by atoms with E-state index in [4.69, 9.17) is 4.74 Å². The fourth-order valence-electron chi connectivity index (χ4n) is 2.97. The average molecular weight is 365 g/mol. The highest BCUT2D eigenvalue weighted by molar-refractivity contribution is 5.85. The first-order chi connectivity index (χ1) is 11.7. The van der Waals surface area contributed by atoms with Gasteiger partial charge in [0.1, 0.15) is 5.75 Å². The summed E-state index contributed by atoms with van der Waals surface area (Å²) in [4.78, 5) is 21.1. The second-order valence-electron chi connectivity index (χ2n) is 5.90. The molecule has 1 fully saturated rings. The lowest BCUT2D eigenvalue weighted by atomic mass is 10.2. The van der Waals surface area contributed by atoms with Gasteiger partial charge in [-0.3, -0.25) is 4.79 Å². The van der Waals surface area contributed by atoms with Crippen molar-refractivity contribution in [3.8, 4) is 5.75 Å². The van der Waals surface area contributed by atoms with Gasteiger partial charge >= 0.3 is 0 Å². The first-order valence-corrected chi connectivity index (χ1v) is 8.45. The summed E-state index contributed by atoms with van der Waals surface area (Å²) in [7, 11) is 0. The van der Waals surface area contributed by atoms with Gasteiger partial charge in [-0.2, -0.15) is 0 Å². The Kier molecular flexibility index (Phi) is 6.70. The molecule has 1 aromatic heterocycles. The van der Waals surface area contributed by atoms with Gasteiger partial charge < -0.3 is 19.1 Å². The van der Waals surface area contributed by atoms with Gasteiger partial charge in [0.05, 0.1) is 0 Å². The Morgan fingerprint density at radius 2 is 1.88 bits per heavy atom. The molecule has 1 aliphatic rings. The summed E-state index contributed by atoms with van der Waals surface area (Å²) < 4.78 is 7.87. The Labute approximate surface area is 154 Å². The largest absolute Gasteiger partial charge is 0.481 e. The molecule has 0 radical (unpaired) electrons. The van der Waals surface area contributed by atoms with Crippen LogP contribution in [0.3, 0.4) is 0 Å². The van der Waals surface area contributed by atoms with Crippen LogP contribution in [0.4, 0.5) is 5.95 Å². The number of nitrogens with zero attached hydrogens (tertiary/aromatic N) is 4. The quantitative estimate of drug-likeness (QED) is 0.817. The highest BCUT2D eigenvalue weighted by Gasteiger charge is 2.27. The van der Waals surface area contributed by atoms with E-state index in [2.05, 4.69) is 21.4 Å². The van der Waals surface area contributed by atoms with E-state index >= 15 is 0 Å². The van der Waals surface area contributed by atoms with Crippen LogP contribution in [0.5, 0.6) is 5.75 Å². The third-order valence-corrected chi connectivity index (χ3v) is 4.31. The Bertz CT molecular complexity index is 669. The number of aryl methyl sites for hydroxylation is 1. The van der Waals surface area contributed by atoms with Crippen LogP contribution in [-0.2, 0) is 11.3 Å². The van der Waals surface area contributed by atoms with Gasteiger partial charge in [-0.05, 0) is 26.0 Å². The molecule has 1 unspecified atom stereocenters. The highest BCUT2D eigenvalue weighted by Crippen LogP contribution is 2.16. The number of piperazine rings is 1. The zero-order valence-electron chi connectivity index (χ0n) is 14.7. The molecule has 0 N–H and O–H groups in total. The summed E-state index contributed by atoms with van der Waals surface area (Å²) in [6.07, 6.45) is 3.34. The normalized spacial score (nSPS) is 15.4. The molecule has 0 bridgehead atoms. The minimum atomic E-state index is -0.475. The molecule has 1 saturated heterocycles. The van der Waals surface area contributed by atoms with Crippen molar-refractivity contribution in [2.24, 2.45) is 0 Å². The van der Waals surface area contributed by atoms with Crippen molar-refractivity contribution in [2.75, 3.05) is 31.1 Å². The lowest BCUT2D eigenvalue weighted by molar-refractivity contribution is -0.138. The standard InChI is InChI=1S/C18H24N4O2.ClH/c1-3-20-10-9-19-18(20)22-13-11-21(12-14-22)17(23)15(2)24-16-7-5-4-6-8-16;/h4-10,15H,3,11-14H2,1-2H3;1H. The number of halogens is 1. The maximum Gasteiger partial charge on any atom is 0.263 e. The number of amides is 1. The van der Waals surface area contributed by atoms with Crippen molar-refractivity contribution in [2.45, 2.75) is 26.5 Å². The third kappa shape index (κ3) is 4.45. The molecule has 2 heterocycles. The lowest BCUT2D eigenvalue weighted by Crippen LogP contribution is -2.52. The predicted molar refractivity (Wildman–Crippen MR) is 100 cm³/mol. The molecule has 7 heteroatoms. The van der Waals surface area contributed by atoms with Crippen LogP contribution in [0.15, 0.2) is 42.7 Å². The van der Waals surface area contributed by atoms with Crippen molar-refractivity contribution in [1.29, 1.82) is 0 Å². The van der Waals surface area contributed by atoms with Crippen molar-refractivity contribution in [3.05, 3.63) is 42.7 Å². The van der Waals surface area contributed by atoms with Crippen LogP contribution in [0, 0.1) is 0 Å². The average Bonchev–Trinajstić information content (AvgIpc) is 3.11. The number of para-hydroxylation sites is 1. The number of aromatic nitrogens is 2. The SMILES string of the molecule is CCn1ccnc1N1CCN(C(=O)C(C)Oc2ccccc2)CC1.Cl. The molecule has 6 nitrogen and oxygen atoms in total. The van der Waals surface area contributed by atoms with Gasteiger partial charge in [0, 0.05) is 45.1 Å². The molecule has 25 heavy (non-hydrogen) atoms. The van der Waals surface area contributed by atoms with E-state index in [1.54, 1.807) is 0 Å². The molecule has 0 saturated carbocycles. The van der Waals surface area contributed by atoms with Crippen molar-refractivity contribution in [3.63, 3.8) is 0 Å². The van der Waals surface area contributed by atoms with Crippen LogP contribution >= 0.6 is 12.4 Å². The maximum atomic E-state index is 12.6. The molecule has 1 aromatic carbocycles. The molecular formula is C18H25ClN4O2. The Morgan fingerprint density at radius 1 is 1.20 bits per heavy atom. The summed E-state index contributed by atoms with van der Waals surface area (Å²) in [5.41, 5.74) is 0. The number of anilines is 1. The minimum absolute atomic E-state index is 0. The van der Waals surface area contributed by atoms with Crippen LogP contribution in [0.2, 0.25) is 0 Å². The number of hydrogen-bond acceptors (Lipinski definition) is 4. The first kappa shape index (κ1) is 19.1. The molecule has 0 spiro atoms. The van der Waals surface area contributed by atoms with Crippen LogP contribution < -0.4 is 9.64 Å². The molecule has 1 atom stereocenters. The van der Waals surface area contributed by atoms with E-state index in [-0.39, 0.29) is 18.3 Å². The summed E-state index contributed by atoms with van der Waals surface area (Å²) in [6, 6.07) is 9.47. The Hall–Kier alpha value is -2.21. The summed E-state index contributed by atoms with van der Waals surface area (Å²) in [5.74, 6) is 1.75. The second-order valence-corrected chi connectivity index (χ2v) is 5.90. The number of hydrogen-bond donors (Lipinski definition) is 0. The van der Waals surface area contributed by atoms with Crippen LogP contribution in [0.1, 0.15) is 13.8 Å². The van der Waals surface area contributed by atoms with Crippen molar-refractivity contribution < 1.29 is 9.53 Å². The summed E-state index contributed by atoms with van der Waals surface area (Å²) >= 11 is 0. The molecule has 0 aliphatic carbocycles. The Morgan fingerprint density at radius 3 is 2.52 bits per heavy atom. The molecule has 3 rings (SSSR count). The predicted octanol–water partition coefficient (Wildman–Crippen LogP) is 2.44. The number of rotatable bonds is 5. The van der Waals surface area contributed by atoms with E-state index in [0.29, 0.717) is 13.1 Å². The molecular weight excluding hydrogens is 340 g/mol. The summed E-state index contributed by atoms with van der Waals surface area (Å²) in [6.45, 7) is 7.78. The fourth-order valence-corrected chi connectivity index (χ4v) is 2.97. The third-order valence-electron chi connectivity index (χ3n) is 4.31. The molecule has 2 aromatic rings. The first-order valence-electron chi connectivity index (χ1n) is 8.45. The molecule has 136 valence electrons. The number of ether oxygens (including phenoxy) is 1. The van der Waals surface area contributed by atoms with E-state index in [9.17, 15) is 4.79 Å². The van der Waals surface area contributed by atoms with Gasteiger partial charge in [0.15, 0.2) is 6.10 Å². The van der Waals surface area contributed by atoms with Crippen LogP contribution in [-0.4, -0.2) is 52.6 Å². The Balaban J connectivity index is 0.00000225. The second kappa shape index (κ2) is 8.76. The molecule has 1 amide bonds. The van der Waals surface area contributed by atoms with Gasteiger partial charge in [-0.25, -0.2) is 4.98 Å². The van der Waals surface area contributed by atoms with E-state index < -0.39 is 6.10 Å². The zero-order chi connectivity index (χ0) is 16.9. The lowest BCUT2D eigenvalue weighted by Gasteiger charge is -2.36. The van der Waals surface area contributed by atoms with Gasteiger partial charge in [0.25, 0.3) is 5.91 Å². The smallest absolute Gasteiger partial charge is 0.263 e. The number of benzene rings is 1. The monoisotopic (exact) mass is 364 g/mol. The van der Waals surface area contributed by atoms with E-state index in [0.717, 1.165) is 31.3 Å². The van der Waals surface area contributed by atoms with Crippen LogP contribution in [0.25, 0.3) is 0 Å². The number of imidazole rings is 1. The van der Waals surface area contributed by atoms with Crippen molar-refractivity contribution in [1.82, 2.24) is 14.5 Å². The van der Waals surface area contributed by atoms with E-state index in [1.165, 1.54) is 0 Å².